The van der Waals surface area contributed by atoms with Crippen molar-refractivity contribution in [2.75, 3.05) is 19.8 Å². The largest absolute Gasteiger partial charge is 0.352 e. The predicted octanol–water partition coefficient (Wildman–Crippen LogP) is 0.529. The molecule has 108 valence electrons. The molecule has 5 nitrogen and oxygen atoms in total. The normalized spacial score (nSPS) is 11.8. The highest BCUT2D eigenvalue weighted by atomic mass is 32.2. The van der Waals surface area contributed by atoms with Crippen molar-refractivity contribution in [3.05, 3.63) is 35.4 Å². The summed E-state index contributed by atoms with van der Waals surface area (Å²) in [5.74, 6) is 3.12. The molecule has 0 fully saturated rings. The summed E-state index contributed by atoms with van der Waals surface area (Å²) in [6, 6.07) is 7.43. The third kappa shape index (κ3) is 6.25. The van der Waals surface area contributed by atoms with Crippen LogP contribution in [0.1, 0.15) is 11.1 Å². The molecule has 0 atom stereocenters. The highest BCUT2D eigenvalue weighted by Crippen LogP contribution is 2.08. The maximum atomic E-state index is 11.3. The van der Waals surface area contributed by atoms with Gasteiger partial charge in [-0.15, -0.1) is 6.42 Å². The van der Waals surface area contributed by atoms with Crippen LogP contribution in [-0.4, -0.2) is 34.2 Å². The van der Waals surface area contributed by atoms with Gasteiger partial charge in [0, 0.05) is 19.8 Å². The molecule has 0 amide bonds. The van der Waals surface area contributed by atoms with Gasteiger partial charge in [0.1, 0.15) is 0 Å². The summed E-state index contributed by atoms with van der Waals surface area (Å²) in [7, 11) is -1.36. The van der Waals surface area contributed by atoms with Crippen LogP contribution in [0.2, 0.25) is 0 Å². The van der Waals surface area contributed by atoms with Crippen molar-refractivity contribution in [1.29, 1.82) is 0 Å². The molecule has 6 heteroatoms. The minimum absolute atomic E-state index is 0.0465. The SMILES string of the molecule is C#CCNC(=NC)NCc1cccc(CS(C)(=O)=O)c1. The van der Waals surface area contributed by atoms with Crippen LogP contribution in [0.25, 0.3) is 0 Å². The van der Waals surface area contributed by atoms with E-state index in [1.54, 1.807) is 13.1 Å². The number of aliphatic imine (C=N–C) groups is 1. The predicted molar refractivity (Wildman–Crippen MR) is 82.0 cm³/mol. The molecule has 0 saturated carbocycles. The van der Waals surface area contributed by atoms with Crippen LogP contribution in [0.5, 0.6) is 0 Å². The van der Waals surface area contributed by atoms with Gasteiger partial charge >= 0.3 is 0 Å². The Hall–Kier alpha value is -2.00. The Bertz CT molecular complexity index is 616. The third-order valence-electron chi connectivity index (χ3n) is 2.46. The van der Waals surface area contributed by atoms with Crippen molar-refractivity contribution in [2.24, 2.45) is 4.99 Å². The second-order valence-electron chi connectivity index (χ2n) is 4.37. The van der Waals surface area contributed by atoms with Crippen LogP contribution in [-0.2, 0) is 22.1 Å². The van der Waals surface area contributed by atoms with Crippen LogP contribution in [0.15, 0.2) is 29.3 Å². The van der Waals surface area contributed by atoms with Gasteiger partial charge in [0.2, 0.25) is 0 Å². The Morgan fingerprint density at radius 1 is 1.35 bits per heavy atom. The average molecular weight is 293 g/mol. The third-order valence-corrected chi connectivity index (χ3v) is 3.32. The van der Waals surface area contributed by atoms with E-state index in [-0.39, 0.29) is 5.75 Å². The first kappa shape index (κ1) is 16.1. The summed E-state index contributed by atoms with van der Waals surface area (Å²) in [6.07, 6.45) is 6.39. The molecule has 2 N–H and O–H groups in total. The van der Waals surface area contributed by atoms with E-state index in [0.29, 0.717) is 19.0 Å². The first-order chi connectivity index (χ1) is 9.44. The van der Waals surface area contributed by atoms with Gasteiger partial charge in [-0.05, 0) is 11.1 Å². The number of hydrogen-bond acceptors (Lipinski definition) is 3. The van der Waals surface area contributed by atoms with E-state index < -0.39 is 9.84 Å². The zero-order chi connectivity index (χ0) is 15.0. The van der Waals surface area contributed by atoms with Gasteiger partial charge in [-0.1, -0.05) is 30.2 Å². The summed E-state index contributed by atoms with van der Waals surface area (Å²) in [5.41, 5.74) is 1.76. The van der Waals surface area contributed by atoms with Gasteiger partial charge in [0.05, 0.1) is 12.3 Å². The van der Waals surface area contributed by atoms with Crippen molar-refractivity contribution >= 4 is 15.8 Å². The van der Waals surface area contributed by atoms with Crippen molar-refractivity contribution in [1.82, 2.24) is 10.6 Å². The molecule has 1 aromatic carbocycles. The number of sulfone groups is 1. The smallest absolute Gasteiger partial charge is 0.192 e. The topological polar surface area (TPSA) is 70.6 Å². The van der Waals surface area contributed by atoms with Crippen molar-refractivity contribution in [3.8, 4) is 12.3 Å². The number of hydrogen-bond donors (Lipinski definition) is 2. The summed E-state index contributed by atoms with van der Waals surface area (Å²) in [4.78, 5) is 4.03. The first-order valence-corrected chi connectivity index (χ1v) is 8.14. The zero-order valence-corrected chi connectivity index (χ0v) is 12.5. The highest BCUT2D eigenvalue weighted by molar-refractivity contribution is 7.89. The fraction of sp³-hybridized carbons (Fsp3) is 0.357. The number of terminal acetylenes is 1. The van der Waals surface area contributed by atoms with Crippen LogP contribution >= 0.6 is 0 Å². The fourth-order valence-electron chi connectivity index (χ4n) is 1.67. The summed E-state index contributed by atoms with van der Waals surface area (Å²) in [5, 5.41) is 6.05. The van der Waals surface area contributed by atoms with Crippen LogP contribution in [0.3, 0.4) is 0 Å². The van der Waals surface area contributed by atoms with E-state index in [0.717, 1.165) is 11.1 Å². The molecule has 0 heterocycles. The molecule has 1 aromatic rings. The van der Waals surface area contributed by atoms with Crippen molar-refractivity contribution in [2.45, 2.75) is 12.3 Å². The minimum Gasteiger partial charge on any atom is -0.352 e. The lowest BCUT2D eigenvalue weighted by Gasteiger charge is -2.10. The quantitative estimate of drug-likeness (QED) is 0.472. The van der Waals surface area contributed by atoms with E-state index in [9.17, 15) is 8.42 Å². The molecule has 0 saturated heterocycles. The molecule has 0 aliphatic rings. The van der Waals surface area contributed by atoms with Gasteiger partial charge in [-0.2, -0.15) is 0 Å². The standard InChI is InChI=1S/C14H19N3O2S/c1-4-8-16-14(15-2)17-10-12-6-5-7-13(9-12)11-20(3,18)19/h1,5-7,9H,8,10-11H2,2-3H3,(H2,15,16,17). The summed E-state index contributed by atoms with van der Waals surface area (Å²) in [6.45, 7) is 0.940. The van der Waals surface area contributed by atoms with Gasteiger partial charge in [-0.3, -0.25) is 4.99 Å². The number of nitrogens with one attached hydrogen (secondary N) is 2. The molecular weight excluding hydrogens is 274 g/mol. The molecule has 0 aliphatic heterocycles. The van der Waals surface area contributed by atoms with Crippen molar-refractivity contribution < 1.29 is 8.42 Å². The van der Waals surface area contributed by atoms with E-state index in [2.05, 4.69) is 21.5 Å². The average Bonchev–Trinajstić information content (AvgIpc) is 2.37. The molecule has 20 heavy (non-hydrogen) atoms. The lowest BCUT2D eigenvalue weighted by molar-refractivity contribution is 0.601. The monoisotopic (exact) mass is 293 g/mol. The highest BCUT2D eigenvalue weighted by Gasteiger charge is 2.05. The van der Waals surface area contributed by atoms with Gasteiger partial charge < -0.3 is 10.6 Å². The number of nitrogens with zero attached hydrogens (tertiary/aromatic N) is 1. The molecule has 0 bridgehead atoms. The number of benzene rings is 1. The van der Waals surface area contributed by atoms with Gasteiger partial charge in [0.25, 0.3) is 0 Å². The second-order valence-corrected chi connectivity index (χ2v) is 6.51. The second kappa shape index (κ2) is 7.56. The van der Waals surface area contributed by atoms with Gasteiger partial charge in [-0.25, -0.2) is 8.42 Å². The van der Waals surface area contributed by atoms with Crippen LogP contribution in [0, 0.1) is 12.3 Å². The molecule has 0 spiro atoms. The maximum Gasteiger partial charge on any atom is 0.192 e. The van der Waals surface area contributed by atoms with Gasteiger partial charge in [0.15, 0.2) is 15.8 Å². The summed E-state index contributed by atoms with van der Waals surface area (Å²) >= 11 is 0. The molecule has 0 aliphatic carbocycles. The van der Waals surface area contributed by atoms with Crippen LogP contribution in [0.4, 0.5) is 0 Å². The molecule has 1 rings (SSSR count). The Morgan fingerprint density at radius 3 is 2.65 bits per heavy atom. The zero-order valence-electron chi connectivity index (χ0n) is 11.7. The Balaban J connectivity index is 2.65. The number of rotatable bonds is 5. The lowest BCUT2D eigenvalue weighted by Crippen LogP contribution is -2.36. The maximum absolute atomic E-state index is 11.3. The Labute approximate surface area is 120 Å². The molecule has 0 aromatic heterocycles. The van der Waals surface area contributed by atoms with E-state index >= 15 is 0 Å². The van der Waals surface area contributed by atoms with Crippen molar-refractivity contribution in [3.63, 3.8) is 0 Å². The Kier molecular flexibility index (Phi) is 6.07. The molecular formula is C14H19N3O2S. The van der Waals surface area contributed by atoms with E-state index in [1.165, 1.54) is 6.26 Å². The van der Waals surface area contributed by atoms with Crippen LogP contribution < -0.4 is 10.6 Å². The lowest BCUT2D eigenvalue weighted by atomic mass is 10.1. The minimum atomic E-state index is -3.02. The number of guanidine groups is 1. The fourth-order valence-corrected chi connectivity index (χ4v) is 2.46. The molecule has 0 radical (unpaired) electrons. The summed E-state index contributed by atoms with van der Waals surface area (Å²) < 4.78 is 22.6. The Morgan fingerprint density at radius 2 is 2.05 bits per heavy atom. The molecule has 0 unspecified atom stereocenters. The van der Waals surface area contributed by atoms with E-state index in [1.807, 2.05) is 18.2 Å². The first-order valence-electron chi connectivity index (χ1n) is 6.08. The van der Waals surface area contributed by atoms with E-state index in [4.69, 9.17) is 6.42 Å².